The lowest BCUT2D eigenvalue weighted by molar-refractivity contribution is -0.0124. The number of amides is 1. The number of halogens is 1. The Morgan fingerprint density at radius 1 is 1.58 bits per heavy atom. The van der Waals surface area contributed by atoms with Crippen molar-refractivity contribution >= 4 is 28.5 Å². The number of morpholine rings is 1. The Bertz CT molecular complexity index is 464. The van der Waals surface area contributed by atoms with Crippen molar-refractivity contribution in [3.63, 3.8) is 0 Å². The average molecular weight is 375 g/mol. The van der Waals surface area contributed by atoms with Crippen LogP contribution in [0.25, 0.3) is 0 Å². The fourth-order valence-electron chi connectivity index (χ4n) is 2.09. The smallest absolute Gasteiger partial charge is 0.254 e. The maximum Gasteiger partial charge on any atom is 0.254 e. The molecule has 0 spiro atoms. The molecule has 1 amide bonds. The van der Waals surface area contributed by atoms with Gasteiger partial charge in [0.1, 0.15) is 5.75 Å². The lowest BCUT2D eigenvalue weighted by Crippen LogP contribution is -2.44. The second-order valence-corrected chi connectivity index (χ2v) is 5.67. The van der Waals surface area contributed by atoms with Crippen molar-refractivity contribution in [1.29, 1.82) is 0 Å². The van der Waals surface area contributed by atoms with Crippen molar-refractivity contribution in [2.45, 2.75) is 20.0 Å². The first kappa shape index (κ1) is 14.6. The molecular formula is C14H18INO3. The van der Waals surface area contributed by atoms with E-state index in [1.54, 1.807) is 0 Å². The Kier molecular flexibility index (Phi) is 5.04. The Morgan fingerprint density at radius 2 is 2.37 bits per heavy atom. The number of ether oxygens (including phenoxy) is 2. The summed E-state index contributed by atoms with van der Waals surface area (Å²) < 4.78 is 12.0. The van der Waals surface area contributed by atoms with Gasteiger partial charge in [0.2, 0.25) is 0 Å². The molecule has 0 saturated carbocycles. The quantitative estimate of drug-likeness (QED) is 0.763. The fraction of sp³-hybridized carbons (Fsp3) is 0.500. The zero-order chi connectivity index (χ0) is 13.8. The van der Waals surface area contributed by atoms with E-state index in [9.17, 15) is 4.79 Å². The monoisotopic (exact) mass is 375 g/mol. The summed E-state index contributed by atoms with van der Waals surface area (Å²) in [5.74, 6) is 0.822. The SMILES string of the molecule is CCOc1cc(C(=O)N2CCO[C@@H](C)C2)ccc1I. The topological polar surface area (TPSA) is 38.8 Å². The second-order valence-electron chi connectivity index (χ2n) is 4.51. The van der Waals surface area contributed by atoms with Gasteiger partial charge in [-0.1, -0.05) is 0 Å². The van der Waals surface area contributed by atoms with E-state index in [0.717, 1.165) is 9.32 Å². The van der Waals surface area contributed by atoms with Crippen LogP contribution in [-0.2, 0) is 4.74 Å². The first-order valence-electron chi connectivity index (χ1n) is 6.45. The molecule has 0 unspecified atom stereocenters. The molecule has 0 aliphatic carbocycles. The van der Waals surface area contributed by atoms with Gasteiger partial charge >= 0.3 is 0 Å². The number of carbonyl (C=O) groups excluding carboxylic acids is 1. The van der Waals surface area contributed by atoms with Crippen molar-refractivity contribution in [2.24, 2.45) is 0 Å². The molecule has 4 nitrogen and oxygen atoms in total. The van der Waals surface area contributed by atoms with Crippen LogP contribution >= 0.6 is 22.6 Å². The van der Waals surface area contributed by atoms with Gasteiger partial charge in [0.15, 0.2) is 0 Å². The van der Waals surface area contributed by atoms with Crippen LogP contribution < -0.4 is 4.74 Å². The van der Waals surface area contributed by atoms with Gasteiger partial charge in [-0.2, -0.15) is 0 Å². The molecule has 1 fully saturated rings. The van der Waals surface area contributed by atoms with Crippen LogP contribution in [0.2, 0.25) is 0 Å². The minimum absolute atomic E-state index is 0.0486. The Balaban J connectivity index is 2.16. The largest absolute Gasteiger partial charge is 0.493 e. The first-order chi connectivity index (χ1) is 9.11. The third-order valence-corrected chi connectivity index (χ3v) is 3.90. The third-order valence-electron chi connectivity index (χ3n) is 3.01. The van der Waals surface area contributed by atoms with Crippen molar-refractivity contribution < 1.29 is 14.3 Å². The molecule has 0 radical (unpaired) electrons. The van der Waals surface area contributed by atoms with Gasteiger partial charge < -0.3 is 14.4 Å². The predicted octanol–water partition coefficient (Wildman–Crippen LogP) is 2.55. The molecule has 19 heavy (non-hydrogen) atoms. The van der Waals surface area contributed by atoms with Crippen molar-refractivity contribution in [1.82, 2.24) is 4.90 Å². The highest BCUT2D eigenvalue weighted by Crippen LogP contribution is 2.23. The minimum Gasteiger partial charge on any atom is -0.493 e. The molecular weight excluding hydrogens is 357 g/mol. The third kappa shape index (κ3) is 3.60. The highest BCUT2D eigenvalue weighted by molar-refractivity contribution is 14.1. The van der Waals surface area contributed by atoms with E-state index in [1.807, 2.05) is 36.9 Å². The van der Waals surface area contributed by atoms with Crippen LogP contribution in [0.3, 0.4) is 0 Å². The summed E-state index contributed by atoms with van der Waals surface area (Å²) in [6.45, 7) is 6.43. The highest BCUT2D eigenvalue weighted by Gasteiger charge is 2.23. The molecule has 1 aliphatic rings. The molecule has 0 N–H and O–H groups in total. The standard InChI is InChI=1S/C14H18INO3/c1-3-18-13-8-11(4-5-12(13)15)14(17)16-6-7-19-10(2)9-16/h4-5,8,10H,3,6-7,9H2,1-2H3/t10-/m0/s1. The number of rotatable bonds is 3. The molecule has 5 heteroatoms. The number of hydrogen-bond acceptors (Lipinski definition) is 3. The van der Waals surface area contributed by atoms with Gasteiger partial charge in [0.05, 0.1) is 22.9 Å². The van der Waals surface area contributed by atoms with Crippen LogP contribution in [0, 0.1) is 3.57 Å². The summed E-state index contributed by atoms with van der Waals surface area (Å²) in [4.78, 5) is 14.3. The summed E-state index contributed by atoms with van der Waals surface area (Å²) in [7, 11) is 0. The molecule has 0 aromatic heterocycles. The second kappa shape index (κ2) is 6.56. The number of carbonyl (C=O) groups is 1. The van der Waals surface area contributed by atoms with E-state index in [1.165, 1.54) is 0 Å². The Labute approximate surface area is 127 Å². The molecule has 104 valence electrons. The number of nitrogens with zero attached hydrogens (tertiary/aromatic N) is 1. The zero-order valence-corrected chi connectivity index (χ0v) is 13.3. The lowest BCUT2D eigenvalue weighted by Gasteiger charge is -2.31. The molecule has 0 bridgehead atoms. The molecule has 1 saturated heterocycles. The van der Waals surface area contributed by atoms with Gasteiger partial charge in [-0.25, -0.2) is 0 Å². The molecule has 1 aliphatic heterocycles. The van der Waals surface area contributed by atoms with Crippen molar-refractivity contribution in [2.75, 3.05) is 26.3 Å². The fourth-order valence-corrected chi connectivity index (χ4v) is 2.58. The summed E-state index contributed by atoms with van der Waals surface area (Å²) in [6, 6.07) is 5.60. The average Bonchev–Trinajstić information content (AvgIpc) is 2.41. The Morgan fingerprint density at radius 3 is 3.05 bits per heavy atom. The van der Waals surface area contributed by atoms with E-state index >= 15 is 0 Å². The summed E-state index contributed by atoms with van der Waals surface area (Å²) >= 11 is 2.21. The van der Waals surface area contributed by atoms with Gasteiger partial charge in [-0.15, -0.1) is 0 Å². The maximum absolute atomic E-state index is 12.4. The summed E-state index contributed by atoms with van der Waals surface area (Å²) in [6.07, 6.45) is 0.105. The van der Waals surface area contributed by atoms with Crippen LogP contribution in [0.15, 0.2) is 18.2 Å². The van der Waals surface area contributed by atoms with Gasteiger partial charge in [-0.3, -0.25) is 4.79 Å². The Hall–Kier alpha value is -0.820. The molecule has 1 aromatic rings. The van der Waals surface area contributed by atoms with Crippen molar-refractivity contribution in [3.8, 4) is 5.75 Å². The van der Waals surface area contributed by atoms with E-state index in [4.69, 9.17) is 9.47 Å². The van der Waals surface area contributed by atoms with E-state index < -0.39 is 0 Å². The predicted molar refractivity (Wildman–Crippen MR) is 81.6 cm³/mol. The zero-order valence-electron chi connectivity index (χ0n) is 11.2. The highest BCUT2D eigenvalue weighted by atomic mass is 127. The molecule has 1 aromatic carbocycles. The molecule has 1 heterocycles. The van der Waals surface area contributed by atoms with Gasteiger partial charge in [0, 0.05) is 18.7 Å². The lowest BCUT2D eigenvalue weighted by atomic mass is 10.1. The number of hydrogen-bond donors (Lipinski definition) is 0. The first-order valence-corrected chi connectivity index (χ1v) is 7.53. The normalized spacial score (nSPS) is 19.3. The summed E-state index contributed by atoms with van der Waals surface area (Å²) in [5.41, 5.74) is 0.679. The van der Waals surface area contributed by atoms with Crippen LogP contribution in [0.4, 0.5) is 0 Å². The van der Waals surface area contributed by atoms with Crippen LogP contribution in [-0.4, -0.2) is 43.2 Å². The number of benzene rings is 1. The van der Waals surface area contributed by atoms with Crippen LogP contribution in [0.1, 0.15) is 24.2 Å². The van der Waals surface area contributed by atoms with Gasteiger partial charge in [-0.05, 0) is 54.6 Å². The molecule has 1 atom stereocenters. The minimum atomic E-state index is 0.0486. The van der Waals surface area contributed by atoms with Crippen LogP contribution in [0.5, 0.6) is 5.75 Å². The van der Waals surface area contributed by atoms with E-state index in [0.29, 0.717) is 31.9 Å². The van der Waals surface area contributed by atoms with E-state index in [-0.39, 0.29) is 12.0 Å². The molecule has 2 rings (SSSR count). The maximum atomic E-state index is 12.4. The van der Waals surface area contributed by atoms with Gasteiger partial charge in [0.25, 0.3) is 5.91 Å². The summed E-state index contributed by atoms with van der Waals surface area (Å²) in [5, 5.41) is 0. The van der Waals surface area contributed by atoms with Crippen molar-refractivity contribution in [3.05, 3.63) is 27.3 Å². The van der Waals surface area contributed by atoms with E-state index in [2.05, 4.69) is 22.6 Å².